The third kappa shape index (κ3) is 4.54. The lowest BCUT2D eigenvalue weighted by molar-refractivity contribution is 0.0326. The highest BCUT2D eigenvalue weighted by molar-refractivity contribution is 5.79. The molecule has 0 radical (unpaired) electrons. The second-order valence-corrected chi connectivity index (χ2v) is 11.0. The third-order valence-electron chi connectivity index (χ3n) is 8.50. The highest BCUT2D eigenvalue weighted by atomic mass is 16.5. The first-order valence-corrected chi connectivity index (χ1v) is 13.4. The number of aromatic nitrogens is 5. The Morgan fingerprint density at radius 1 is 1.14 bits per heavy atom. The van der Waals surface area contributed by atoms with E-state index < -0.39 is 0 Å². The first kappa shape index (κ1) is 22.9. The molecule has 6 rings (SSSR count). The fourth-order valence-corrected chi connectivity index (χ4v) is 6.74. The number of tetrazole rings is 1. The number of aromatic amines is 1. The van der Waals surface area contributed by atoms with Crippen molar-refractivity contribution in [3.63, 3.8) is 0 Å². The van der Waals surface area contributed by atoms with Crippen LogP contribution in [-0.4, -0.2) is 55.9 Å². The number of rotatable bonds is 5. The molecule has 1 N–H and O–H groups in total. The Hall–Kier alpha value is -2.58. The Balaban J connectivity index is 1.44. The maximum atomic E-state index is 13.5. The molecule has 2 unspecified atom stereocenters. The first-order chi connectivity index (χ1) is 17.1. The summed E-state index contributed by atoms with van der Waals surface area (Å²) in [5, 5.41) is 14.0. The number of fused-ring (bicyclic) bond motifs is 1. The zero-order valence-corrected chi connectivity index (χ0v) is 20.7. The van der Waals surface area contributed by atoms with E-state index in [-0.39, 0.29) is 17.7 Å². The quantitative estimate of drug-likeness (QED) is 0.595. The Morgan fingerprint density at radius 2 is 2.00 bits per heavy atom. The topological polar surface area (TPSA) is 88.9 Å². The number of ether oxygens (including phenoxy) is 1. The van der Waals surface area contributed by atoms with Crippen LogP contribution < -0.4 is 5.56 Å². The lowest BCUT2D eigenvalue weighted by atomic mass is 9.69. The lowest BCUT2D eigenvalue weighted by Crippen LogP contribution is -2.47. The van der Waals surface area contributed by atoms with Gasteiger partial charge >= 0.3 is 0 Å². The van der Waals surface area contributed by atoms with Crippen molar-refractivity contribution in [2.75, 3.05) is 19.7 Å². The van der Waals surface area contributed by atoms with Crippen molar-refractivity contribution in [3.8, 4) is 0 Å². The van der Waals surface area contributed by atoms with Crippen molar-refractivity contribution in [1.29, 1.82) is 0 Å². The molecular formula is C27H36N6O2. The molecule has 8 heteroatoms. The summed E-state index contributed by atoms with van der Waals surface area (Å²) in [4.78, 5) is 19.2. The number of nitrogens with one attached hydrogen (secondary N) is 1. The number of likely N-dealkylation sites (tertiary alicyclic amines) is 1. The van der Waals surface area contributed by atoms with Crippen LogP contribution in [0.1, 0.15) is 80.8 Å². The molecule has 3 fully saturated rings. The van der Waals surface area contributed by atoms with Crippen LogP contribution >= 0.6 is 0 Å². The largest absolute Gasteiger partial charge is 0.376 e. The molecule has 0 amide bonds. The minimum Gasteiger partial charge on any atom is -0.376 e. The van der Waals surface area contributed by atoms with Crippen molar-refractivity contribution in [3.05, 3.63) is 51.6 Å². The van der Waals surface area contributed by atoms with Gasteiger partial charge in [-0.15, -0.1) is 5.10 Å². The predicted molar refractivity (Wildman–Crippen MR) is 134 cm³/mol. The predicted octanol–water partition coefficient (Wildman–Crippen LogP) is 4.14. The summed E-state index contributed by atoms with van der Waals surface area (Å²) in [7, 11) is 0. The van der Waals surface area contributed by atoms with Crippen LogP contribution in [0.3, 0.4) is 0 Å². The summed E-state index contributed by atoms with van der Waals surface area (Å²) in [5.74, 6) is 0.755. The highest BCUT2D eigenvalue weighted by Gasteiger charge is 2.41. The third-order valence-corrected chi connectivity index (χ3v) is 8.50. The van der Waals surface area contributed by atoms with Gasteiger partial charge in [-0.3, -0.25) is 9.69 Å². The molecule has 3 aromatic rings. The molecule has 3 aliphatic rings. The van der Waals surface area contributed by atoms with Gasteiger partial charge in [0.25, 0.3) is 5.56 Å². The van der Waals surface area contributed by atoms with E-state index >= 15 is 0 Å². The Kier molecular flexibility index (Phi) is 6.18. The van der Waals surface area contributed by atoms with E-state index in [1.807, 2.05) is 16.8 Å². The zero-order chi connectivity index (χ0) is 23.8. The molecule has 2 atom stereocenters. The van der Waals surface area contributed by atoms with E-state index in [9.17, 15) is 4.79 Å². The molecule has 1 aromatic carbocycles. The van der Waals surface area contributed by atoms with Gasteiger partial charge in [-0.05, 0) is 91.4 Å². The minimum absolute atomic E-state index is 0.0544. The van der Waals surface area contributed by atoms with Crippen molar-refractivity contribution >= 4 is 10.9 Å². The monoisotopic (exact) mass is 476 g/mol. The second-order valence-electron chi connectivity index (χ2n) is 11.0. The minimum atomic E-state index is -0.279. The number of piperidine rings is 1. The van der Waals surface area contributed by atoms with Crippen LogP contribution in [0.2, 0.25) is 0 Å². The number of hydrogen-bond donors (Lipinski definition) is 1. The number of H-pyrrole nitrogens is 1. The molecule has 1 saturated carbocycles. The first-order valence-electron chi connectivity index (χ1n) is 13.4. The van der Waals surface area contributed by atoms with Gasteiger partial charge < -0.3 is 9.72 Å². The molecule has 8 nitrogen and oxygen atoms in total. The molecule has 4 heterocycles. The fraction of sp³-hybridized carbons (Fsp3) is 0.630. The van der Waals surface area contributed by atoms with Crippen molar-refractivity contribution in [2.24, 2.45) is 5.41 Å². The fourth-order valence-electron chi connectivity index (χ4n) is 6.74. The van der Waals surface area contributed by atoms with Crippen LogP contribution in [-0.2, 0) is 11.3 Å². The lowest BCUT2D eigenvalue weighted by Gasteiger charge is -2.47. The van der Waals surface area contributed by atoms with Gasteiger partial charge in [-0.2, -0.15) is 0 Å². The SMILES string of the molecule is Cc1ccc2[nH]c(=O)c(C(c3nnnn3CC3CCCO3)N3CCCC4(CCCCC4)C3)cc2c1. The van der Waals surface area contributed by atoms with Gasteiger partial charge in [0, 0.05) is 24.2 Å². The average Bonchev–Trinajstić information content (AvgIpc) is 3.53. The van der Waals surface area contributed by atoms with Gasteiger partial charge in [0.2, 0.25) is 0 Å². The smallest absolute Gasteiger partial charge is 0.253 e. The zero-order valence-electron chi connectivity index (χ0n) is 20.7. The molecule has 186 valence electrons. The van der Waals surface area contributed by atoms with Crippen LogP contribution in [0.4, 0.5) is 0 Å². The maximum Gasteiger partial charge on any atom is 0.253 e. The summed E-state index contributed by atoms with van der Waals surface area (Å²) < 4.78 is 7.79. The Morgan fingerprint density at radius 3 is 2.83 bits per heavy atom. The number of nitrogens with zero attached hydrogens (tertiary/aromatic N) is 5. The number of aryl methyl sites for hydroxylation is 1. The summed E-state index contributed by atoms with van der Waals surface area (Å²) in [6.07, 6.45) is 11.2. The van der Waals surface area contributed by atoms with E-state index in [4.69, 9.17) is 4.74 Å². The molecule has 1 spiro atoms. The van der Waals surface area contributed by atoms with Crippen LogP contribution in [0.5, 0.6) is 0 Å². The molecule has 2 aromatic heterocycles. The summed E-state index contributed by atoms with van der Waals surface area (Å²) >= 11 is 0. The summed E-state index contributed by atoms with van der Waals surface area (Å²) in [6, 6.07) is 7.96. The number of pyridine rings is 1. The van der Waals surface area contributed by atoms with Gasteiger partial charge in [0.15, 0.2) is 5.82 Å². The standard InChI is InChI=1S/C27H36N6O2/c1-19-8-9-23-20(15-19)16-22(26(34)28-23)24(25-29-30-31-33(25)17-21-7-5-14-35-21)32-13-6-12-27(18-32)10-3-2-4-11-27/h8-9,15-16,21,24H,2-7,10-14,17-18H2,1H3,(H,28,34). The maximum absolute atomic E-state index is 13.5. The van der Waals surface area contributed by atoms with Crippen molar-refractivity contribution in [2.45, 2.75) is 83.4 Å². The average molecular weight is 477 g/mol. The van der Waals surface area contributed by atoms with Gasteiger partial charge in [0.05, 0.1) is 12.6 Å². The summed E-state index contributed by atoms with van der Waals surface area (Å²) in [5.41, 5.74) is 3.07. The molecule has 2 saturated heterocycles. The van der Waals surface area contributed by atoms with Crippen LogP contribution in [0.25, 0.3) is 10.9 Å². The molecule has 35 heavy (non-hydrogen) atoms. The molecule has 2 aliphatic heterocycles. The Labute approximate surface area is 206 Å². The van der Waals surface area contributed by atoms with Crippen molar-refractivity contribution < 1.29 is 4.74 Å². The van der Waals surface area contributed by atoms with Gasteiger partial charge in [-0.1, -0.05) is 30.9 Å². The normalized spacial score (nSPS) is 23.7. The summed E-state index contributed by atoms with van der Waals surface area (Å²) in [6.45, 7) is 5.45. The molecule has 0 bridgehead atoms. The molecule has 1 aliphatic carbocycles. The van der Waals surface area contributed by atoms with E-state index in [0.717, 1.165) is 61.2 Å². The van der Waals surface area contributed by atoms with Crippen LogP contribution in [0.15, 0.2) is 29.1 Å². The number of hydrogen-bond acceptors (Lipinski definition) is 6. The van der Waals surface area contributed by atoms with Crippen LogP contribution in [0, 0.1) is 12.3 Å². The number of benzene rings is 1. The van der Waals surface area contributed by atoms with E-state index in [2.05, 4.69) is 44.5 Å². The van der Waals surface area contributed by atoms with Crippen molar-refractivity contribution in [1.82, 2.24) is 30.1 Å². The highest BCUT2D eigenvalue weighted by Crippen LogP contribution is 2.45. The van der Waals surface area contributed by atoms with E-state index in [1.165, 1.54) is 44.1 Å². The molecular weight excluding hydrogens is 440 g/mol. The van der Waals surface area contributed by atoms with Gasteiger partial charge in [0.1, 0.15) is 6.04 Å². The Bertz CT molecular complexity index is 1230. The van der Waals surface area contributed by atoms with E-state index in [0.29, 0.717) is 12.0 Å². The second kappa shape index (κ2) is 9.47. The van der Waals surface area contributed by atoms with E-state index in [1.54, 1.807) is 0 Å². The van der Waals surface area contributed by atoms with Gasteiger partial charge in [-0.25, -0.2) is 4.68 Å².